The molecule has 70 valence electrons. The quantitative estimate of drug-likeness (QED) is 0.722. The van der Waals surface area contributed by atoms with Crippen LogP contribution < -0.4 is 0 Å². The molecule has 0 aliphatic rings. The van der Waals surface area contributed by atoms with Gasteiger partial charge in [0, 0.05) is 6.08 Å². The van der Waals surface area contributed by atoms with Crippen molar-refractivity contribution in [3.8, 4) is 0 Å². The molecule has 1 aromatic heterocycles. The molecule has 0 bridgehead atoms. The molecule has 0 saturated heterocycles. The van der Waals surface area contributed by atoms with Crippen LogP contribution in [0.4, 0.5) is 0 Å². The Labute approximate surface area is 78.6 Å². The predicted molar refractivity (Wildman–Crippen MR) is 48.5 cm³/mol. The monoisotopic (exact) mass is 190 g/mol. The van der Waals surface area contributed by atoms with Gasteiger partial charge in [0.05, 0.1) is 0 Å². The molecule has 1 heterocycles. The van der Waals surface area contributed by atoms with Crippen molar-refractivity contribution in [1.82, 2.24) is 10.3 Å². The fourth-order valence-corrected chi connectivity index (χ4v) is 1.07. The Morgan fingerprint density at radius 3 is 2.93 bits per heavy atom. The summed E-state index contributed by atoms with van der Waals surface area (Å²) in [6, 6.07) is 5.16. The maximum absolute atomic E-state index is 10.3. The zero-order valence-electron chi connectivity index (χ0n) is 7.04. The standard InChI is InChI=1S/C9H6N2O3/c12-9(13)4-2-6-1-3-7-8(5-6)11-14-10-7/h1-5H,(H,12,13). The highest BCUT2D eigenvalue weighted by molar-refractivity contribution is 5.86. The summed E-state index contributed by atoms with van der Waals surface area (Å²) in [5.41, 5.74) is 2.01. The molecule has 5 heteroatoms. The Morgan fingerprint density at radius 1 is 1.36 bits per heavy atom. The van der Waals surface area contributed by atoms with Gasteiger partial charge in [-0.2, -0.15) is 0 Å². The minimum atomic E-state index is -0.983. The summed E-state index contributed by atoms with van der Waals surface area (Å²) in [5, 5.41) is 15.7. The number of hydrogen-bond donors (Lipinski definition) is 1. The first-order valence-electron chi connectivity index (χ1n) is 3.89. The lowest BCUT2D eigenvalue weighted by Gasteiger charge is -1.89. The van der Waals surface area contributed by atoms with Gasteiger partial charge < -0.3 is 5.11 Å². The van der Waals surface area contributed by atoms with Crippen LogP contribution in [0.2, 0.25) is 0 Å². The van der Waals surface area contributed by atoms with Crippen LogP contribution in [-0.4, -0.2) is 21.4 Å². The zero-order chi connectivity index (χ0) is 9.97. The lowest BCUT2D eigenvalue weighted by Crippen LogP contribution is -1.85. The van der Waals surface area contributed by atoms with Crippen LogP contribution in [0.25, 0.3) is 17.1 Å². The SMILES string of the molecule is O=C(O)C=Cc1ccc2nonc2c1. The van der Waals surface area contributed by atoms with Gasteiger partial charge in [0.1, 0.15) is 11.0 Å². The van der Waals surface area contributed by atoms with Crippen molar-refractivity contribution in [2.75, 3.05) is 0 Å². The molecule has 1 aromatic carbocycles. The van der Waals surface area contributed by atoms with Crippen LogP contribution in [0.5, 0.6) is 0 Å². The molecular weight excluding hydrogens is 184 g/mol. The Morgan fingerprint density at radius 2 is 2.14 bits per heavy atom. The molecule has 0 saturated carbocycles. The summed E-state index contributed by atoms with van der Waals surface area (Å²) in [6.45, 7) is 0. The normalized spacial score (nSPS) is 11.1. The van der Waals surface area contributed by atoms with Crippen LogP contribution >= 0.6 is 0 Å². The van der Waals surface area contributed by atoms with E-state index in [-0.39, 0.29) is 0 Å². The number of benzene rings is 1. The Bertz CT molecular complexity index is 501. The highest BCUT2D eigenvalue weighted by atomic mass is 16.6. The van der Waals surface area contributed by atoms with Gasteiger partial charge in [-0.3, -0.25) is 0 Å². The maximum Gasteiger partial charge on any atom is 0.328 e. The summed E-state index contributed by atoms with van der Waals surface area (Å²) >= 11 is 0. The van der Waals surface area contributed by atoms with Gasteiger partial charge in [0.15, 0.2) is 0 Å². The van der Waals surface area contributed by atoms with Crippen LogP contribution in [0, 0.1) is 0 Å². The molecule has 0 atom stereocenters. The number of carbonyl (C=O) groups is 1. The minimum absolute atomic E-state index is 0.609. The molecule has 5 nitrogen and oxygen atoms in total. The fourth-order valence-electron chi connectivity index (χ4n) is 1.07. The number of aromatic nitrogens is 2. The predicted octanol–water partition coefficient (Wildman–Crippen LogP) is 1.32. The van der Waals surface area contributed by atoms with Gasteiger partial charge in [-0.15, -0.1) is 0 Å². The van der Waals surface area contributed by atoms with E-state index in [1.54, 1.807) is 18.2 Å². The van der Waals surface area contributed by atoms with Crippen LogP contribution in [-0.2, 0) is 4.79 Å². The largest absolute Gasteiger partial charge is 0.478 e. The van der Waals surface area contributed by atoms with Crippen molar-refractivity contribution in [1.29, 1.82) is 0 Å². The van der Waals surface area contributed by atoms with Gasteiger partial charge in [0.2, 0.25) is 0 Å². The summed E-state index contributed by atoms with van der Waals surface area (Å²) in [6.07, 6.45) is 2.55. The highest BCUT2D eigenvalue weighted by Crippen LogP contribution is 2.12. The average Bonchev–Trinajstić information content (AvgIpc) is 2.61. The maximum atomic E-state index is 10.3. The van der Waals surface area contributed by atoms with Crippen molar-refractivity contribution in [3.05, 3.63) is 29.8 Å². The molecule has 2 aromatic rings. The molecule has 14 heavy (non-hydrogen) atoms. The first-order valence-corrected chi connectivity index (χ1v) is 3.89. The molecule has 1 N–H and O–H groups in total. The lowest BCUT2D eigenvalue weighted by molar-refractivity contribution is -0.131. The van der Waals surface area contributed by atoms with E-state index in [0.29, 0.717) is 11.0 Å². The van der Waals surface area contributed by atoms with E-state index >= 15 is 0 Å². The number of hydrogen-bond acceptors (Lipinski definition) is 4. The second-order valence-corrected chi connectivity index (χ2v) is 2.68. The molecule has 2 rings (SSSR count). The lowest BCUT2D eigenvalue weighted by atomic mass is 10.2. The Kier molecular flexibility index (Phi) is 1.98. The highest BCUT2D eigenvalue weighted by Gasteiger charge is 1.99. The number of fused-ring (bicyclic) bond motifs is 1. The fraction of sp³-hybridized carbons (Fsp3) is 0. The van der Waals surface area contributed by atoms with Crippen molar-refractivity contribution in [2.24, 2.45) is 0 Å². The second kappa shape index (κ2) is 3.29. The second-order valence-electron chi connectivity index (χ2n) is 2.68. The van der Waals surface area contributed by atoms with Gasteiger partial charge >= 0.3 is 5.97 Å². The number of rotatable bonds is 2. The third-order valence-electron chi connectivity index (χ3n) is 1.70. The minimum Gasteiger partial charge on any atom is -0.478 e. The zero-order valence-corrected chi connectivity index (χ0v) is 7.04. The summed E-state index contributed by atoms with van der Waals surface area (Å²) < 4.78 is 4.51. The van der Waals surface area contributed by atoms with Crippen LogP contribution in [0.3, 0.4) is 0 Å². The van der Waals surface area contributed by atoms with E-state index < -0.39 is 5.97 Å². The van der Waals surface area contributed by atoms with Crippen molar-refractivity contribution in [2.45, 2.75) is 0 Å². The first-order chi connectivity index (χ1) is 6.75. The Hall–Kier alpha value is -2.17. The number of carboxylic acid groups (broad SMARTS) is 1. The van der Waals surface area contributed by atoms with Crippen molar-refractivity contribution < 1.29 is 14.5 Å². The Balaban J connectivity index is 2.39. The van der Waals surface area contributed by atoms with Gasteiger partial charge in [-0.05, 0) is 34.1 Å². The summed E-state index contributed by atoms with van der Waals surface area (Å²) in [7, 11) is 0. The van der Waals surface area contributed by atoms with E-state index in [0.717, 1.165) is 11.6 Å². The topological polar surface area (TPSA) is 76.2 Å². The van der Waals surface area contributed by atoms with E-state index in [2.05, 4.69) is 14.9 Å². The van der Waals surface area contributed by atoms with Crippen LogP contribution in [0.1, 0.15) is 5.56 Å². The molecule has 0 amide bonds. The van der Waals surface area contributed by atoms with E-state index in [1.165, 1.54) is 6.08 Å². The number of nitrogens with zero attached hydrogens (tertiary/aromatic N) is 2. The van der Waals surface area contributed by atoms with Gasteiger partial charge in [-0.25, -0.2) is 9.42 Å². The summed E-state index contributed by atoms with van der Waals surface area (Å²) in [5.74, 6) is -0.983. The third-order valence-corrected chi connectivity index (χ3v) is 1.70. The molecular formula is C9H6N2O3. The molecule has 0 spiro atoms. The van der Waals surface area contributed by atoms with Crippen molar-refractivity contribution >= 4 is 23.1 Å². The number of aliphatic carboxylic acids is 1. The van der Waals surface area contributed by atoms with Crippen molar-refractivity contribution in [3.63, 3.8) is 0 Å². The van der Waals surface area contributed by atoms with Gasteiger partial charge in [-0.1, -0.05) is 6.07 Å². The average molecular weight is 190 g/mol. The number of carboxylic acids is 1. The molecule has 0 radical (unpaired) electrons. The summed E-state index contributed by atoms with van der Waals surface area (Å²) in [4.78, 5) is 10.3. The van der Waals surface area contributed by atoms with E-state index in [1.807, 2.05) is 0 Å². The third kappa shape index (κ3) is 1.61. The molecule has 0 aliphatic heterocycles. The van der Waals surface area contributed by atoms with E-state index in [4.69, 9.17) is 5.11 Å². The molecule has 0 aliphatic carbocycles. The van der Waals surface area contributed by atoms with Crippen LogP contribution in [0.15, 0.2) is 28.9 Å². The van der Waals surface area contributed by atoms with E-state index in [9.17, 15) is 4.79 Å². The smallest absolute Gasteiger partial charge is 0.328 e. The molecule has 0 fully saturated rings. The first kappa shape index (κ1) is 8.43. The molecule has 0 unspecified atom stereocenters. The van der Waals surface area contributed by atoms with Gasteiger partial charge in [0.25, 0.3) is 0 Å².